The van der Waals surface area contributed by atoms with Gasteiger partial charge in [-0.3, -0.25) is 0 Å². The molecule has 0 fully saturated rings. The number of halogens is 1. The normalized spacial score (nSPS) is 11.2. The highest BCUT2D eigenvalue weighted by atomic mass is 79.9. The van der Waals surface area contributed by atoms with Gasteiger partial charge < -0.3 is 4.98 Å². The molecular formula is C17H12BrN2+. The summed E-state index contributed by atoms with van der Waals surface area (Å²) in [4.78, 5) is 3.47. The molecule has 2 nitrogen and oxygen atoms in total. The molecule has 0 bridgehead atoms. The van der Waals surface area contributed by atoms with Crippen LogP contribution in [0.1, 0.15) is 0 Å². The topological polar surface area (TPSA) is 19.7 Å². The molecular weight excluding hydrogens is 312 g/mol. The second-order valence-corrected chi connectivity index (χ2v) is 5.74. The average Bonchev–Trinajstić information content (AvgIpc) is 2.85. The predicted molar refractivity (Wildman–Crippen MR) is 85.0 cm³/mol. The van der Waals surface area contributed by atoms with E-state index in [9.17, 15) is 0 Å². The molecule has 0 saturated heterocycles. The first-order chi connectivity index (χ1) is 9.81. The van der Waals surface area contributed by atoms with Gasteiger partial charge in [0.05, 0.1) is 0 Å². The molecule has 3 heteroatoms. The van der Waals surface area contributed by atoms with E-state index in [0.29, 0.717) is 0 Å². The molecule has 0 atom stereocenters. The van der Waals surface area contributed by atoms with E-state index in [4.69, 9.17) is 0 Å². The minimum Gasteiger partial charge on any atom is -0.350 e. The number of para-hydroxylation sites is 1. The van der Waals surface area contributed by atoms with Gasteiger partial charge in [-0.05, 0) is 18.2 Å². The van der Waals surface area contributed by atoms with Crippen molar-refractivity contribution in [2.24, 2.45) is 0 Å². The summed E-state index contributed by atoms with van der Waals surface area (Å²) in [6.45, 7) is 0. The number of hydrogen-bond donors (Lipinski definition) is 1. The lowest BCUT2D eigenvalue weighted by Gasteiger charge is -1.96. The fraction of sp³-hybridized carbons (Fsp3) is 0. The summed E-state index contributed by atoms with van der Waals surface area (Å²) < 4.78 is 3.22. The molecule has 0 aliphatic heterocycles. The molecule has 2 heterocycles. The van der Waals surface area contributed by atoms with E-state index < -0.39 is 0 Å². The molecule has 0 amide bonds. The van der Waals surface area contributed by atoms with Gasteiger partial charge >= 0.3 is 0 Å². The number of aromatic amines is 1. The van der Waals surface area contributed by atoms with Crippen LogP contribution in [-0.2, 0) is 0 Å². The van der Waals surface area contributed by atoms with E-state index in [2.05, 4.69) is 92.5 Å². The van der Waals surface area contributed by atoms with E-state index in [-0.39, 0.29) is 0 Å². The van der Waals surface area contributed by atoms with Gasteiger partial charge in [0.15, 0.2) is 12.4 Å². The number of nitrogens with zero attached hydrogens (tertiary/aromatic N) is 1. The number of fused-ring (bicyclic) bond motifs is 3. The third-order valence-corrected chi connectivity index (χ3v) is 4.10. The standard InChI is InChI=1S/C17H11BrN2/c18-12-5-7-13(8-6-12)20-10-9-15-14-3-1-2-4-16(14)19-17(15)11-20/h1-11H/p+1. The van der Waals surface area contributed by atoms with Crippen LogP contribution < -0.4 is 4.57 Å². The van der Waals surface area contributed by atoms with Crippen molar-refractivity contribution in [2.45, 2.75) is 0 Å². The monoisotopic (exact) mass is 323 g/mol. The van der Waals surface area contributed by atoms with Gasteiger partial charge in [0.25, 0.3) is 0 Å². The van der Waals surface area contributed by atoms with E-state index in [0.717, 1.165) is 15.7 Å². The molecule has 2 aromatic heterocycles. The first-order valence-corrected chi connectivity index (χ1v) is 7.28. The van der Waals surface area contributed by atoms with Crippen molar-refractivity contribution in [3.05, 3.63) is 71.5 Å². The Kier molecular flexibility index (Phi) is 2.60. The van der Waals surface area contributed by atoms with Crippen molar-refractivity contribution in [2.75, 3.05) is 0 Å². The number of pyridine rings is 1. The minimum absolute atomic E-state index is 1.09. The predicted octanol–water partition coefficient (Wildman–Crippen LogP) is 4.36. The molecule has 0 unspecified atom stereocenters. The maximum atomic E-state index is 3.47. The van der Waals surface area contributed by atoms with Gasteiger partial charge in [0.1, 0.15) is 5.52 Å². The molecule has 0 spiro atoms. The number of hydrogen-bond acceptors (Lipinski definition) is 0. The van der Waals surface area contributed by atoms with Crippen LogP contribution >= 0.6 is 15.9 Å². The van der Waals surface area contributed by atoms with Crippen LogP contribution in [0.15, 0.2) is 71.5 Å². The molecule has 20 heavy (non-hydrogen) atoms. The molecule has 0 aliphatic rings. The molecule has 4 rings (SSSR count). The van der Waals surface area contributed by atoms with Crippen molar-refractivity contribution >= 4 is 37.7 Å². The Morgan fingerprint density at radius 1 is 0.800 bits per heavy atom. The van der Waals surface area contributed by atoms with Gasteiger partial charge in [0, 0.05) is 39.0 Å². The minimum atomic E-state index is 1.09. The van der Waals surface area contributed by atoms with Crippen LogP contribution in [-0.4, -0.2) is 4.98 Å². The maximum absolute atomic E-state index is 3.47. The zero-order valence-corrected chi connectivity index (χ0v) is 12.3. The molecule has 0 radical (unpaired) electrons. The quantitative estimate of drug-likeness (QED) is 0.502. The van der Waals surface area contributed by atoms with Crippen molar-refractivity contribution in [1.29, 1.82) is 0 Å². The molecule has 1 N–H and O–H groups in total. The van der Waals surface area contributed by atoms with E-state index >= 15 is 0 Å². The zero-order valence-electron chi connectivity index (χ0n) is 10.7. The number of aromatic nitrogens is 2. The summed E-state index contributed by atoms with van der Waals surface area (Å²) >= 11 is 3.47. The van der Waals surface area contributed by atoms with Gasteiger partial charge in [-0.2, -0.15) is 4.57 Å². The van der Waals surface area contributed by atoms with Crippen LogP contribution in [0.4, 0.5) is 0 Å². The SMILES string of the molecule is Brc1ccc(-[n+]2ccc3c(c2)[nH]c2ccccc23)cc1. The Morgan fingerprint density at radius 3 is 2.40 bits per heavy atom. The Labute approximate surface area is 124 Å². The summed E-state index contributed by atoms with van der Waals surface area (Å²) in [5.74, 6) is 0. The number of rotatable bonds is 1. The maximum Gasteiger partial charge on any atom is 0.210 e. The van der Waals surface area contributed by atoms with Crippen LogP contribution in [0.5, 0.6) is 0 Å². The molecule has 0 saturated carbocycles. The van der Waals surface area contributed by atoms with Gasteiger partial charge in [-0.15, -0.1) is 0 Å². The lowest BCUT2D eigenvalue weighted by molar-refractivity contribution is -0.594. The van der Waals surface area contributed by atoms with Crippen LogP contribution in [0, 0.1) is 0 Å². The Balaban J connectivity index is 1.94. The Bertz CT molecular complexity index is 907. The van der Waals surface area contributed by atoms with Crippen LogP contribution in [0.25, 0.3) is 27.5 Å². The van der Waals surface area contributed by atoms with Crippen molar-refractivity contribution in [3.63, 3.8) is 0 Å². The summed E-state index contributed by atoms with van der Waals surface area (Å²) in [5.41, 5.74) is 3.47. The molecule has 2 aromatic carbocycles. The fourth-order valence-corrected chi connectivity index (χ4v) is 2.84. The summed E-state index contributed by atoms with van der Waals surface area (Å²) in [6, 6.07) is 18.9. The van der Waals surface area contributed by atoms with Crippen molar-refractivity contribution in [3.8, 4) is 5.69 Å². The zero-order chi connectivity index (χ0) is 13.5. The lowest BCUT2D eigenvalue weighted by atomic mass is 10.2. The lowest BCUT2D eigenvalue weighted by Crippen LogP contribution is -2.29. The second-order valence-electron chi connectivity index (χ2n) is 4.83. The van der Waals surface area contributed by atoms with Crippen molar-refractivity contribution in [1.82, 2.24) is 4.98 Å². The van der Waals surface area contributed by atoms with Crippen LogP contribution in [0.2, 0.25) is 0 Å². The third-order valence-electron chi connectivity index (χ3n) is 3.57. The number of benzene rings is 2. The van der Waals surface area contributed by atoms with E-state index in [1.54, 1.807) is 0 Å². The van der Waals surface area contributed by atoms with Gasteiger partial charge in [-0.1, -0.05) is 34.1 Å². The fourth-order valence-electron chi connectivity index (χ4n) is 2.58. The van der Waals surface area contributed by atoms with Gasteiger partial charge in [-0.25, -0.2) is 0 Å². The summed E-state index contributed by atoms with van der Waals surface area (Å²) in [5, 5.41) is 2.53. The van der Waals surface area contributed by atoms with Crippen molar-refractivity contribution < 1.29 is 4.57 Å². The second kappa shape index (κ2) is 4.46. The average molecular weight is 324 g/mol. The highest BCUT2D eigenvalue weighted by Crippen LogP contribution is 2.23. The smallest absolute Gasteiger partial charge is 0.210 e. The Morgan fingerprint density at radius 2 is 1.55 bits per heavy atom. The first-order valence-electron chi connectivity index (χ1n) is 6.49. The Hall–Kier alpha value is -2.13. The molecule has 0 aliphatic carbocycles. The number of nitrogens with one attached hydrogen (secondary N) is 1. The highest BCUT2D eigenvalue weighted by molar-refractivity contribution is 9.10. The summed E-state index contributed by atoms with van der Waals surface area (Å²) in [6.07, 6.45) is 4.24. The van der Waals surface area contributed by atoms with E-state index in [1.807, 2.05) is 0 Å². The highest BCUT2D eigenvalue weighted by Gasteiger charge is 2.10. The molecule has 4 aromatic rings. The van der Waals surface area contributed by atoms with E-state index in [1.165, 1.54) is 16.3 Å². The summed E-state index contributed by atoms with van der Waals surface area (Å²) in [7, 11) is 0. The third kappa shape index (κ3) is 1.82. The largest absolute Gasteiger partial charge is 0.350 e. The first kappa shape index (κ1) is 11.7. The van der Waals surface area contributed by atoms with Gasteiger partial charge in [0.2, 0.25) is 5.69 Å². The molecule has 96 valence electrons. The van der Waals surface area contributed by atoms with Crippen LogP contribution in [0.3, 0.4) is 0 Å². The number of H-pyrrole nitrogens is 1.